The fraction of sp³-hybridized carbons (Fsp3) is 0.476. The van der Waals surface area contributed by atoms with Crippen molar-refractivity contribution in [3.63, 3.8) is 0 Å². The summed E-state index contributed by atoms with van der Waals surface area (Å²) in [5, 5.41) is 0. The molecule has 3 heteroatoms. The molecule has 2 aliphatic carbocycles. The summed E-state index contributed by atoms with van der Waals surface area (Å²) in [6, 6.07) is 9.38. The summed E-state index contributed by atoms with van der Waals surface area (Å²) < 4.78 is 6.43. The molecule has 3 nitrogen and oxygen atoms in total. The zero-order valence-corrected chi connectivity index (χ0v) is 14.7. The summed E-state index contributed by atoms with van der Waals surface area (Å²) in [6.07, 6.45) is 11.0. The van der Waals surface area contributed by atoms with Crippen LogP contribution in [0.2, 0.25) is 0 Å². The van der Waals surface area contributed by atoms with Gasteiger partial charge in [-0.3, -0.25) is 0 Å². The van der Waals surface area contributed by atoms with Crippen LogP contribution in [0.5, 0.6) is 0 Å². The Morgan fingerprint density at radius 3 is 2.67 bits per heavy atom. The third-order valence-electron chi connectivity index (χ3n) is 5.57. The molecule has 126 valence electrons. The number of hydrogen-bond donors (Lipinski definition) is 0. The first-order valence-electron chi connectivity index (χ1n) is 9.09. The van der Waals surface area contributed by atoms with Crippen LogP contribution in [0.1, 0.15) is 43.2 Å². The molecule has 24 heavy (non-hydrogen) atoms. The fourth-order valence-corrected chi connectivity index (χ4v) is 4.17. The van der Waals surface area contributed by atoms with Gasteiger partial charge in [-0.25, -0.2) is 4.99 Å². The van der Waals surface area contributed by atoms with Crippen molar-refractivity contribution in [2.75, 3.05) is 14.1 Å². The van der Waals surface area contributed by atoms with Gasteiger partial charge in [-0.2, -0.15) is 0 Å². The maximum Gasteiger partial charge on any atom is 0.221 e. The lowest BCUT2D eigenvalue weighted by Gasteiger charge is -2.33. The van der Waals surface area contributed by atoms with Crippen LogP contribution in [0.15, 0.2) is 47.1 Å². The van der Waals surface area contributed by atoms with Crippen LogP contribution in [0.3, 0.4) is 0 Å². The first-order chi connectivity index (χ1) is 11.7. The van der Waals surface area contributed by atoms with Gasteiger partial charge in [0.1, 0.15) is 6.10 Å². The van der Waals surface area contributed by atoms with Crippen molar-refractivity contribution in [2.24, 2.45) is 4.99 Å². The molecular formula is C21H26N2O. The number of allylic oxidation sites excluding steroid dienone is 2. The Bertz CT molecular complexity index is 706. The molecule has 0 bridgehead atoms. The van der Waals surface area contributed by atoms with E-state index in [1.54, 1.807) is 0 Å². The molecule has 3 aliphatic rings. The minimum absolute atomic E-state index is 0.299. The Balaban J connectivity index is 1.53. The van der Waals surface area contributed by atoms with Crippen LogP contribution in [0.4, 0.5) is 0 Å². The smallest absolute Gasteiger partial charge is 0.221 e. The maximum absolute atomic E-state index is 6.43. The molecule has 1 aliphatic heterocycles. The van der Waals surface area contributed by atoms with Gasteiger partial charge in [-0.05, 0) is 69.3 Å². The Hall–Kier alpha value is -1.87. The summed E-state index contributed by atoms with van der Waals surface area (Å²) >= 11 is 0. The van der Waals surface area contributed by atoms with Crippen molar-refractivity contribution in [1.82, 2.24) is 4.90 Å². The monoisotopic (exact) mass is 322 g/mol. The molecule has 0 unspecified atom stereocenters. The summed E-state index contributed by atoms with van der Waals surface area (Å²) in [6.45, 7) is 0. The van der Waals surface area contributed by atoms with Gasteiger partial charge in [0.05, 0.1) is 0 Å². The quantitative estimate of drug-likeness (QED) is 0.815. The molecule has 0 N–H and O–H groups in total. The number of hydrogen-bond acceptors (Lipinski definition) is 3. The molecule has 0 atom stereocenters. The van der Waals surface area contributed by atoms with E-state index in [0.29, 0.717) is 12.1 Å². The molecule has 1 saturated carbocycles. The van der Waals surface area contributed by atoms with E-state index in [2.05, 4.69) is 54.3 Å². The molecule has 0 radical (unpaired) electrons. The van der Waals surface area contributed by atoms with E-state index in [-0.39, 0.29) is 0 Å². The zero-order chi connectivity index (χ0) is 16.5. The van der Waals surface area contributed by atoms with Crippen LogP contribution >= 0.6 is 0 Å². The van der Waals surface area contributed by atoms with Crippen molar-refractivity contribution in [3.05, 3.63) is 53.2 Å². The first-order valence-corrected chi connectivity index (χ1v) is 9.09. The summed E-state index contributed by atoms with van der Waals surface area (Å²) in [5.74, 6) is 0.844. The van der Waals surface area contributed by atoms with Crippen LogP contribution in [-0.4, -0.2) is 37.0 Å². The van der Waals surface area contributed by atoms with E-state index in [1.807, 2.05) is 6.20 Å². The number of aliphatic imine (C=N–C) groups is 1. The Labute approximate surface area is 144 Å². The number of benzene rings is 1. The lowest BCUT2D eigenvalue weighted by atomic mass is 9.92. The Morgan fingerprint density at radius 2 is 1.88 bits per heavy atom. The topological polar surface area (TPSA) is 24.8 Å². The zero-order valence-electron chi connectivity index (χ0n) is 14.7. The lowest BCUT2D eigenvalue weighted by molar-refractivity contribution is 0.104. The standard InChI is InChI=1S/C21H26N2O/c1-23(2)17-9-11-18(12-10-17)24-21-20-16(7-5-13-22-21)14-15-6-3-4-8-19(15)20/h3-6,8,13,17-18H,7,9-12,14H2,1-2H3/t17-,18-. The van der Waals surface area contributed by atoms with Gasteiger partial charge in [-0.15, -0.1) is 0 Å². The van der Waals surface area contributed by atoms with Gasteiger partial charge in [0, 0.05) is 17.8 Å². The second kappa shape index (κ2) is 6.56. The summed E-state index contributed by atoms with van der Waals surface area (Å²) in [5.41, 5.74) is 5.43. The maximum atomic E-state index is 6.43. The molecule has 1 fully saturated rings. The minimum Gasteiger partial charge on any atom is -0.474 e. The van der Waals surface area contributed by atoms with E-state index >= 15 is 0 Å². The molecular weight excluding hydrogens is 296 g/mol. The lowest BCUT2D eigenvalue weighted by Crippen LogP contribution is -2.35. The van der Waals surface area contributed by atoms with Gasteiger partial charge < -0.3 is 9.64 Å². The van der Waals surface area contributed by atoms with E-state index in [9.17, 15) is 0 Å². The van der Waals surface area contributed by atoms with Crippen molar-refractivity contribution in [3.8, 4) is 0 Å². The predicted molar refractivity (Wildman–Crippen MR) is 99.1 cm³/mol. The number of ether oxygens (including phenoxy) is 1. The Kier molecular flexibility index (Phi) is 4.28. The third kappa shape index (κ3) is 2.93. The highest BCUT2D eigenvalue weighted by Gasteiger charge is 2.30. The van der Waals surface area contributed by atoms with Gasteiger partial charge in [-0.1, -0.05) is 30.3 Å². The second-order valence-corrected chi connectivity index (χ2v) is 7.35. The summed E-state index contributed by atoms with van der Waals surface area (Å²) in [4.78, 5) is 7.00. The van der Waals surface area contributed by atoms with Crippen molar-refractivity contribution in [2.45, 2.75) is 50.7 Å². The highest BCUT2D eigenvalue weighted by Crippen LogP contribution is 2.38. The Morgan fingerprint density at radius 1 is 1.08 bits per heavy atom. The van der Waals surface area contributed by atoms with E-state index in [0.717, 1.165) is 31.6 Å². The molecule has 0 amide bonds. The molecule has 1 aromatic carbocycles. The predicted octanol–water partition coefficient (Wildman–Crippen LogP) is 4.20. The second-order valence-electron chi connectivity index (χ2n) is 7.35. The van der Waals surface area contributed by atoms with Gasteiger partial charge in [0.25, 0.3) is 0 Å². The SMILES string of the molecule is CN(C)[C@H]1CC[C@H](OC2=NC=CCC3=C2c2ccccc2C3)CC1. The average molecular weight is 322 g/mol. The van der Waals surface area contributed by atoms with Crippen molar-refractivity contribution in [1.29, 1.82) is 0 Å². The van der Waals surface area contributed by atoms with E-state index < -0.39 is 0 Å². The largest absolute Gasteiger partial charge is 0.474 e. The average Bonchev–Trinajstić information content (AvgIpc) is 2.85. The fourth-order valence-electron chi connectivity index (χ4n) is 4.17. The summed E-state index contributed by atoms with van der Waals surface area (Å²) in [7, 11) is 4.36. The molecule has 0 saturated heterocycles. The highest BCUT2D eigenvalue weighted by atomic mass is 16.5. The van der Waals surface area contributed by atoms with E-state index in [1.165, 1.54) is 35.1 Å². The third-order valence-corrected chi connectivity index (χ3v) is 5.57. The number of rotatable bonds is 2. The first kappa shape index (κ1) is 15.6. The number of fused-ring (bicyclic) bond motifs is 2. The molecule has 1 aromatic rings. The van der Waals surface area contributed by atoms with Crippen molar-refractivity contribution >= 4 is 11.5 Å². The van der Waals surface area contributed by atoms with Crippen molar-refractivity contribution < 1.29 is 4.74 Å². The molecule has 1 heterocycles. The molecule has 0 aromatic heterocycles. The van der Waals surface area contributed by atoms with Crippen LogP contribution in [0, 0.1) is 0 Å². The number of nitrogens with zero attached hydrogens (tertiary/aromatic N) is 2. The van der Waals surface area contributed by atoms with Gasteiger partial charge in [0.15, 0.2) is 0 Å². The van der Waals surface area contributed by atoms with Crippen LogP contribution in [-0.2, 0) is 11.2 Å². The van der Waals surface area contributed by atoms with Crippen LogP contribution < -0.4 is 0 Å². The van der Waals surface area contributed by atoms with Crippen LogP contribution in [0.25, 0.3) is 5.57 Å². The minimum atomic E-state index is 0.299. The normalized spacial score (nSPS) is 26.0. The van der Waals surface area contributed by atoms with Gasteiger partial charge >= 0.3 is 0 Å². The van der Waals surface area contributed by atoms with Gasteiger partial charge in [0.2, 0.25) is 5.90 Å². The molecule has 0 spiro atoms. The highest BCUT2D eigenvalue weighted by molar-refractivity contribution is 6.22. The molecule has 4 rings (SSSR count). The van der Waals surface area contributed by atoms with E-state index in [4.69, 9.17) is 4.74 Å².